The maximum Gasteiger partial charge on any atom is 0.317 e. The Kier molecular flexibility index (Phi) is 5.87. The Hall–Kier alpha value is -1.76. The zero-order valence-corrected chi connectivity index (χ0v) is 12.8. The Morgan fingerprint density at radius 3 is 2.74 bits per heavy atom. The van der Waals surface area contributed by atoms with Gasteiger partial charge in [0, 0.05) is 19.5 Å². The molecule has 128 valence electrons. The number of likely N-dealkylation sites (tertiary alicyclic amines) is 1. The summed E-state index contributed by atoms with van der Waals surface area (Å²) >= 11 is 0. The van der Waals surface area contributed by atoms with Crippen LogP contribution < -0.4 is 5.32 Å². The van der Waals surface area contributed by atoms with Crippen LogP contribution in [0.15, 0.2) is 18.2 Å². The minimum Gasteiger partial charge on any atom is -0.393 e. The number of nitrogens with one attached hydrogen (secondary N) is 1. The highest BCUT2D eigenvalue weighted by Gasteiger charge is 2.39. The summed E-state index contributed by atoms with van der Waals surface area (Å²) in [5, 5.41) is 11.6. The molecule has 1 heterocycles. The van der Waals surface area contributed by atoms with Gasteiger partial charge in [-0.1, -0.05) is 6.07 Å². The fourth-order valence-electron chi connectivity index (χ4n) is 2.59. The van der Waals surface area contributed by atoms with Gasteiger partial charge in [-0.25, -0.2) is 18.0 Å². The van der Waals surface area contributed by atoms with E-state index in [9.17, 15) is 18.0 Å². The summed E-state index contributed by atoms with van der Waals surface area (Å²) in [5.41, 5.74) is -0.982. The molecule has 4 nitrogen and oxygen atoms in total. The number of hydrogen-bond acceptors (Lipinski definition) is 2. The van der Waals surface area contributed by atoms with Crippen molar-refractivity contribution in [2.75, 3.05) is 26.2 Å². The van der Waals surface area contributed by atoms with Crippen molar-refractivity contribution in [1.82, 2.24) is 10.2 Å². The SMILES string of the molecule is O=C(NCCCCc1ccc(F)c(F)c1)N1CCC(F)(CO)C1. The van der Waals surface area contributed by atoms with Gasteiger partial charge in [-0.2, -0.15) is 0 Å². The molecule has 0 spiro atoms. The molecule has 7 heteroatoms. The highest BCUT2D eigenvalue weighted by Crippen LogP contribution is 2.24. The number of nitrogens with zero attached hydrogens (tertiary/aromatic N) is 1. The Bertz CT molecular complexity index is 556. The number of unbranched alkanes of at least 4 members (excludes halogenated alkanes) is 1. The van der Waals surface area contributed by atoms with Crippen LogP contribution in [0.5, 0.6) is 0 Å². The molecule has 0 radical (unpaired) electrons. The number of aryl methyl sites for hydroxylation is 1. The van der Waals surface area contributed by atoms with Crippen molar-refractivity contribution in [3.8, 4) is 0 Å². The van der Waals surface area contributed by atoms with E-state index in [2.05, 4.69) is 5.32 Å². The van der Waals surface area contributed by atoms with E-state index in [1.807, 2.05) is 0 Å². The molecule has 0 aliphatic carbocycles. The minimum atomic E-state index is -1.69. The summed E-state index contributed by atoms with van der Waals surface area (Å²) in [6.07, 6.45) is 2.14. The number of rotatable bonds is 6. The Labute approximate surface area is 133 Å². The van der Waals surface area contributed by atoms with Crippen LogP contribution in [-0.4, -0.2) is 47.9 Å². The van der Waals surface area contributed by atoms with Crippen LogP contribution in [0.1, 0.15) is 24.8 Å². The average molecular weight is 330 g/mol. The summed E-state index contributed by atoms with van der Waals surface area (Å²) in [4.78, 5) is 13.2. The number of benzene rings is 1. The first-order valence-electron chi connectivity index (χ1n) is 7.70. The van der Waals surface area contributed by atoms with Crippen molar-refractivity contribution in [3.05, 3.63) is 35.4 Å². The normalized spacial score (nSPS) is 20.8. The van der Waals surface area contributed by atoms with Crippen molar-refractivity contribution in [1.29, 1.82) is 0 Å². The highest BCUT2D eigenvalue weighted by molar-refractivity contribution is 5.74. The second-order valence-electron chi connectivity index (χ2n) is 5.92. The number of carbonyl (C=O) groups is 1. The van der Waals surface area contributed by atoms with Gasteiger partial charge in [0.25, 0.3) is 0 Å². The second kappa shape index (κ2) is 7.68. The predicted octanol–water partition coefficient (Wildman–Crippen LogP) is 2.40. The first-order chi connectivity index (χ1) is 10.9. The first kappa shape index (κ1) is 17.6. The number of amides is 2. The van der Waals surface area contributed by atoms with Crippen LogP contribution in [0.25, 0.3) is 0 Å². The third-order valence-electron chi connectivity index (χ3n) is 4.03. The Morgan fingerprint density at radius 1 is 1.30 bits per heavy atom. The largest absolute Gasteiger partial charge is 0.393 e. The third-order valence-corrected chi connectivity index (χ3v) is 4.03. The molecular formula is C16H21F3N2O2. The molecule has 2 rings (SSSR count). The lowest BCUT2D eigenvalue weighted by Gasteiger charge is -2.19. The van der Waals surface area contributed by atoms with Crippen LogP contribution in [-0.2, 0) is 6.42 Å². The number of aliphatic hydroxyl groups excluding tert-OH is 1. The van der Waals surface area contributed by atoms with Gasteiger partial charge in [-0.05, 0) is 37.0 Å². The molecule has 0 saturated carbocycles. The topological polar surface area (TPSA) is 52.6 Å². The smallest absolute Gasteiger partial charge is 0.317 e. The molecule has 1 aliphatic heterocycles. The molecule has 1 aromatic rings. The molecule has 23 heavy (non-hydrogen) atoms. The van der Waals surface area contributed by atoms with E-state index < -0.39 is 23.9 Å². The summed E-state index contributed by atoms with van der Waals surface area (Å²) in [5.74, 6) is -1.72. The van der Waals surface area contributed by atoms with Crippen molar-refractivity contribution < 1.29 is 23.1 Å². The van der Waals surface area contributed by atoms with E-state index in [-0.39, 0.29) is 25.5 Å². The molecule has 2 amide bonds. The number of aliphatic hydroxyl groups is 1. The zero-order chi connectivity index (χ0) is 16.9. The zero-order valence-electron chi connectivity index (χ0n) is 12.8. The van der Waals surface area contributed by atoms with E-state index in [1.54, 1.807) is 0 Å². The van der Waals surface area contributed by atoms with Gasteiger partial charge >= 0.3 is 6.03 Å². The van der Waals surface area contributed by atoms with E-state index in [4.69, 9.17) is 5.11 Å². The average Bonchev–Trinajstić information content (AvgIpc) is 2.93. The van der Waals surface area contributed by atoms with Crippen LogP contribution in [0.4, 0.5) is 18.0 Å². The highest BCUT2D eigenvalue weighted by atomic mass is 19.2. The number of carbonyl (C=O) groups excluding carboxylic acids is 1. The van der Waals surface area contributed by atoms with Gasteiger partial charge < -0.3 is 15.3 Å². The fourth-order valence-corrected chi connectivity index (χ4v) is 2.59. The van der Waals surface area contributed by atoms with Gasteiger partial charge in [0.15, 0.2) is 17.3 Å². The van der Waals surface area contributed by atoms with Gasteiger partial charge in [-0.3, -0.25) is 0 Å². The predicted molar refractivity (Wildman–Crippen MR) is 79.8 cm³/mol. The monoisotopic (exact) mass is 330 g/mol. The maximum atomic E-state index is 13.8. The summed E-state index contributed by atoms with van der Waals surface area (Å²) in [6.45, 7) is 0.0460. The molecule has 1 saturated heterocycles. The number of urea groups is 1. The first-order valence-corrected chi connectivity index (χ1v) is 7.70. The van der Waals surface area contributed by atoms with Crippen molar-refractivity contribution in [2.24, 2.45) is 0 Å². The number of hydrogen-bond donors (Lipinski definition) is 2. The summed E-state index contributed by atoms with van der Waals surface area (Å²) in [6, 6.07) is 3.47. The summed E-state index contributed by atoms with van der Waals surface area (Å²) in [7, 11) is 0. The lowest BCUT2D eigenvalue weighted by atomic mass is 10.1. The third kappa shape index (κ3) is 4.86. The van der Waals surface area contributed by atoms with Crippen molar-refractivity contribution >= 4 is 6.03 Å². The lowest BCUT2D eigenvalue weighted by Crippen LogP contribution is -2.41. The van der Waals surface area contributed by atoms with E-state index in [1.165, 1.54) is 17.0 Å². The second-order valence-corrected chi connectivity index (χ2v) is 5.92. The quantitative estimate of drug-likeness (QED) is 0.787. The Balaban J connectivity index is 1.64. The van der Waals surface area contributed by atoms with Crippen LogP contribution >= 0.6 is 0 Å². The standard InChI is InChI=1S/C16H21F3N2O2/c17-13-5-4-12(9-14(13)18)3-1-2-7-20-15(23)21-8-6-16(19,10-21)11-22/h4-5,9,22H,1-3,6-8,10-11H2,(H,20,23). The van der Waals surface area contributed by atoms with Gasteiger partial charge in [-0.15, -0.1) is 0 Å². The van der Waals surface area contributed by atoms with Crippen molar-refractivity contribution in [2.45, 2.75) is 31.4 Å². The molecule has 1 aromatic carbocycles. The van der Waals surface area contributed by atoms with Crippen LogP contribution in [0.2, 0.25) is 0 Å². The van der Waals surface area contributed by atoms with Crippen LogP contribution in [0.3, 0.4) is 0 Å². The summed E-state index contributed by atoms with van der Waals surface area (Å²) < 4.78 is 39.6. The molecule has 1 aliphatic rings. The van der Waals surface area contributed by atoms with E-state index >= 15 is 0 Å². The molecule has 1 unspecified atom stereocenters. The minimum absolute atomic E-state index is 0.0931. The molecular weight excluding hydrogens is 309 g/mol. The molecule has 0 bridgehead atoms. The van der Waals surface area contributed by atoms with Crippen molar-refractivity contribution in [3.63, 3.8) is 0 Å². The molecule has 1 atom stereocenters. The van der Waals surface area contributed by atoms with E-state index in [0.717, 1.165) is 12.5 Å². The molecule has 1 fully saturated rings. The Morgan fingerprint density at radius 2 is 2.09 bits per heavy atom. The fraction of sp³-hybridized carbons (Fsp3) is 0.562. The molecule has 0 aromatic heterocycles. The van der Waals surface area contributed by atoms with E-state index in [0.29, 0.717) is 24.9 Å². The molecule has 2 N–H and O–H groups in total. The number of halogens is 3. The van der Waals surface area contributed by atoms with Gasteiger partial charge in [0.1, 0.15) is 0 Å². The maximum absolute atomic E-state index is 13.8. The van der Waals surface area contributed by atoms with Gasteiger partial charge in [0.2, 0.25) is 0 Å². The van der Waals surface area contributed by atoms with Gasteiger partial charge in [0.05, 0.1) is 13.2 Å². The lowest BCUT2D eigenvalue weighted by molar-refractivity contribution is 0.0806. The van der Waals surface area contributed by atoms with Crippen LogP contribution in [0, 0.1) is 11.6 Å². The number of alkyl halides is 1.